The predicted molar refractivity (Wildman–Crippen MR) is 86.5 cm³/mol. The van der Waals surface area contributed by atoms with Gasteiger partial charge in [0.1, 0.15) is 5.69 Å². The summed E-state index contributed by atoms with van der Waals surface area (Å²) in [4.78, 5) is 30.3. The zero-order valence-electron chi connectivity index (χ0n) is 12.6. The van der Waals surface area contributed by atoms with Gasteiger partial charge in [-0.15, -0.1) is 0 Å². The molecule has 1 aromatic carbocycles. The van der Waals surface area contributed by atoms with E-state index in [1.807, 2.05) is 0 Å². The van der Waals surface area contributed by atoms with E-state index in [4.69, 9.17) is 10.8 Å². The Hall–Kier alpha value is -2.53. The molecule has 0 saturated carbocycles. The number of nitrogens with zero attached hydrogens (tertiary/aromatic N) is 1. The summed E-state index contributed by atoms with van der Waals surface area (Å²) in [5, 5.41) is 11.1. The summed E-state index contributed by atoms with van der Waals surface area (Å²) in [6.07, 6.45) is -4.51. The fourth-order valence-electron chi connectivity index (χ4n) is 1.80. The molecule has 0 unspecified atom stereocenters. The number of aromatic amines is 1. The van der Waals surface area contributed by atoms with Crippen LogP contribution in [0.25, 0.3) is 0 Å². The fourth-order valence-corrected chi connectivity index (χ4v) is 2.41. The molecule has 11 heteroatoms. The Morgan fingerprint density at radius 2 is 1.96 bits per heavy atom. The lowest BCUT2D eigenvalue weighted by Gasteiger charge is -2.09. The van der Waals surface area contributed by atoms with Gasteiger partial charge in [0, 0.05) is 11.3 Å². The first-order chi connectivity index (χ1) is 11.7. The number of nitrogen functional groups attached to an aromatic ring is 1. The van der Waals surface area contributed by atoms with Crippen LogP contribution in [0.15, 0.2) is 34.2 Å². The van der Waals surface area contributed by atoms with Crippen LogP contribution in [-0.4, -0.2) is 33.3 Å². The summed E-state index contributed by atoms with van der Waals surface area (Å²) in [5.41, 5.74) is 3.64. The van der Waals surface area contributed by atoms with Crippen molar-refractivity contribution in [2.24, 2.45) is 0 Å². The first kappa shape index (κ1) is 18.8. The third-order valence-electron chi connectivity index (χ3n) is 2.97. The van der Waals surface area contributed by atoms with Gasteiger partial charge in [0.15, 0.2) is 11.0 Å². The molecule has 25 heavy (non-hydrogen) atoms. The smallest absolute Gasteiger partial charge is 0.396 e. The van der Waals surface area contributed by atoms with Gasteiger partial charge in [-0.1, -0.05) is 11.8 Å². The number of hydrogen-bond acceptors (Lipinski definition) is 6. The molecule has 2 rings (SSSR count). The van der Waals surface area contributed by atoms with Crippen molar-refractivity contribution in [3.63, 3.8) is 0 Å². The molecule has 1 heterocycles. The van der Waals surface area contributed by atoms with E-state index in [9.17, 15) is 22.8 Å². The zero-order chi connectivity index (χ0) is 18.6. The van der Waals surface area contributed by atoms with Gasteiger partial charge >= 0.3 is 6.18 Å². The fraction of sp³-hybridized carbons (Fsp3) is 0.214. The van der Waals surface area contributed by atoms with E-state index in [1.165, 1.54) is 0 Å². The largest absolute Gasteiger partial charge is 0.416 e. The first-order valence-corrected chi connectivity index (χ1v) is 7.83. The van der Waals surface area contributed by atoms with Gasteiger partial charge in [0.2, 0.25) is 0 Å². The molecule has 0 fully saturated rings. The quantitative estimate of drug-likeness (QED) is 0.467. The second kappa shape index (κ2) is 7.57. The Labute approximate surface area is 143 Å². The summed E-state index contributed by atoms with van der Waals surface area (Å²) in [5.74, 6) is -0.757. The van der Waals surface area contributed by atoms with Crippen molar-refractivity contribution in [3.05, 3.63) is 45.7 Å². The number of rotatable bonds is 5. The van der Waals surface area contributed by atoms with Gasteiger partial charge in [-0.3, -0.25) is 14.6 Å². The Morgan fingerprint density at radius 3 is 2.48 bits per heavy atom. The van der Waals surface area contributed by atoms with Crippen molar-refractivity contribution < 1.29 is 23.1 Å². The van der Waals surface area contributed by atoms with E-state index in [1.54, 1.807) is 0 Å². The summed E-state index contributed by atoms with van der Waals surface area (Å²) in [6.45, 7) is -0.124. The van der Waals surface area contributed by atoms with Gasteiger partial charge in [0.25, 0.3) is 11.5 Å². The highest BCUT2D eigenvalue weighted by atomic mass is 32.2. The van der Waals surface area contributed by atoms with Crippen LogP contribution in [0.3, 0.4) is 0 Å². The van der Waals surface area contributed by atoms with Gasteiger partial charge in [-0.2, -0.15) is 13.2 Å². The molecule has 2 aromatic rings. The molecule has 0 spiro atoms. The highest BCUT2D eigenvalue weighted by Crippen LogP contribution is 2.29. The molecule has 0 atom stereocenters. The topological polar surface area (TPSA) is 121 Å². The van der Waals surface area contributed by atoms with Crippen LogP contribution in [0.5, 0.6) is 0 Å². The SMILES string of the molecule is Nc1nc(SCCO)[nH]c(=O)c1NC(=O)c1ccc(C(F)(F)F)cc1. The number of H-pyrrole nitrogens is 1. The highest BCUT2D eigenvalue weighted by Gasteiger charge is 2.30. The lowest BCUT2D eigenvalue weighted by atomic mass is 10.1. The Kier molecular flexibility index (Phi) is 5.69. The molecule has 0 aliphatic rings. The average Bonchev–Trinajstić information content (AvgIpc) is 2.55. The van der Waals surface area contributed by atoms with E-state index in [0.29, 0.717) is 5.75 Å². The van der Waals surface area contributed by atoms with Gasteiger partial charge < -0.3 is 16.2 Å². The van der Waals surface area contributed by atoms with E-state index in [-0.39, 0.29) is 28.8 Å². The number of thioether (sulfide) groups is 1. The number of amides is 1. The molecule has 0 aliphatic heterocycles. The number of anilines is 2. The summed E-state index contributed by atoms with van der Waals surface area (Å²) in [6, 6.07) is 3.49. The Balaban J connectivity index is 2.19. The molecular formula is C14H13F3N4O3S. The average molecular weight is 374 g/mol. The van der Waals surface area contributed by atoms with E-state index in [0.717, 1.165) is 36.0 Å². The molecule has 0 aliphatic carbocycles. The van der Waals surface area contributed by atoms with E-state index >= 15 is 0 Å². The number of alkyl halides is 3. The molecule has 1 amide bonds. The van der Waals surface area contributed by atoms with Crippen LogP contribution in [0.1, 0.15) is 15.9 Å². The molecular weight excluding hydrogens is 361 g/mol. The molecule has 134 valence electrons. The van der Waals surface area contributed by atoms with E-state index in [2.05, 4.69) is 15.3 Å². The zero-order valence-corrected chi connectivity index (χ0v) is 13.4. The maximum atomic E-state index is 12.5. The van der Waals surface area contributed by atoms with Crippen LogP contribution < -0.4 is 16.6 Å². The van der Waals surface area contributed by atoms with Crippen molar-refractivity contribution in [3.8, 4) is 0 Å². The molecule has 1 aromatic heterocycles. The number of nitrogens with two attached hydrogens (primary N) is 1. The summed E-state index contributed by atoms with van der Waals surface area (Å²) >= 11 is 1.06. The highest BCUT2D eigenvalue weighted by molar-refractivity contribution is 7.99. The maximum absolute atomic E-state index is 12.5. The van der Waals surface area contributed by atoms with E-state index < -0.39 is 23.2 Å². The standard InChI is InChI=1S/C14H13F3N4O3S/c15-14(16,17)8-3-1-7(2-4-8)11(23)19-9-10(18)20-13(21-12(9)24)25-6-5-22/h1-4,22H,5-6H2,(H,19,23)(H3,18,20,21,24). The molecule has 0 saturated heterocycles. The lowest BCUT2D eigenvalue weighted by Crippen LogP contribution is -2.23. The number of carbonyl (C=O) groups is 1. The van der Waals surface area contributed by atoms with Crippen LogP contribution in [0.2, 0.25) is 0 Å². The van der Waals surface area contributed by atoms with Crippen molar-refractivity contribution in [1.29, 1.82) is 0 Å². The second-order valence-electron chi connectivity index (χ2n) is 4.73. The number of carbonyl (C=O) groups excluding carboxylic acids is 1. The van der Waals surface area contributed by atoms with Crippen LogP contribution in [0, 0.1) is 0 Å². The van der Waals surface area contributed by atoms with Crippen LogP contribution >= 0.6 is 11.8 Å². The van der Waals surface area contributed by atoms with Crippen molar-refractivity contribution >= 4 is 29.2 Å². The molecule has 7 nitrogen and oxygen atoms in total. The number of hydrogen-bond donors (Lipinski definition) is 4. The lowest BCUT2D eigenvalue weighted by molar-refractivity contribution is -0.137. The van der Waals surface area contributed by atoms with Crippen LogP contribution in [0.4, 0.5) is 24.7 Å². The monoisotopic (exact) mass is 374 g/mol. The molecule has 0 radical (unpaired) electrons. The molecule has 5 N–H and O–H groups in total. The van der Waals surface area contributed by atoms with Crippen LogP contribution in [-0.2, 0) is 6.18 Å². The van der Waals surface area contributed by atoms with Crippen molar-refractivity contribution in [1.82, 2.24) is 9.97 Å². The van der Waals surface area contributed by atoms with Gasteiger partial charge in [0.05, 0.1) is 12.2 Å². The molecule has 0 bridgehead atoms. The summed E-state index contributed by atoms with van der Waals surface area (Å²) in [7, 11) is 0. The number of halogens is 3. The van der Waals surface area contributed by atoms with Crippen molar-refractivity contribution in [2.75, 3.05) is 23.4 Å². The normalized spacial score (nSPS) is 11.4. The predicted octanol–water partition coefficient (Wildman–Crippen LogP) is 1.71. The van der Waals surface area contributed by atoms with Gasteiger partial charge in [-0.25, -0.2) is 4.98 Å². The summed E-state index contributed by atoms with van der Waals surface area (Å²) < 4.78 is 37.5. The number of benzene rings is 1. The minimum absolute atomic E-state index is 0.0782. The second-order valence-corrected chi connectivity index (χ2v) is 5.82. The Morgan fingerprint density at radius 1 is 1.32 bits per heavy atom. The Bertz CT molecular complexity index is 822. The number of nitrogens with one attached hydrogen (secondary N) is 2. The van der Waals surface area contributed by atoms with Crippen molar-refractivity contribution in [2.45, 2.75) is 11.3 Å². The minimum atomic E-state index is -4.51. The third kappa shape index (κ3) is 4.73. The maximum Gasteiger partial charge on any atom is 0.416 e. The third-order valence-corrected chi connectivity index (χ3v) is 3.82. The first-order valence-electron chi connectivity index (χ1n) is 6.84. The number of aliphatic hydroxyl groups is 1. The minimum Gasteiger partial charge on any atom is -0.396 e. The number of aromatic nitrogens is 2. The van der Waals surface area contributed by atoms with Gasteiger partial charge in [-0.05, 0) is 24.3 Å². The number of aliphatic hydroxyl groups excluding tert-OH is 1.